The zero-order valence-corrected chi connectivity index (χ0v) is 12.9. The van der Waals surface area contributed by atoms with Gasteiger partial charge < -0.3 is 8.94 Å². The monoisotopic (exact) mass is 351 g/mol. The van der Waals surface area contributed by atoms with Gasteiger partial charge in [-0.3, -0.25) is 0 Å². The summed E-state index contributed by atoms with van der Waals surface area (Å²) in [6, 6.07) is 9.61. The Morgan fingerprint density at radius 2 is 2.15 bits per heavy atom. The molecule has 0 atom stereocenters. The predicted octanol–water partition coefficient (Wildman–Crippen LogP) is 4.09. The fourth-order valence-electron chi connectivity index (χ4n) is 1.62. The summed E-state index contributed by atoms with van der Waals surface area (Å²) in [4.78, 5) is 0. The fraction of sp³-hybridized carbons (Fsp3) is 0.154. The predicted molar refractivity (Wildman–Crippen MR) is 78.2 cm³/mol. The summed E-state index contributed by atoms with van der Waals surface area (Å²) < 4.78 is 11.7. The van der Waals surface area contributed by atoms with E-state index in [0.717, 1.165) is 21.5 Å². The third-order valence-electron chi connectivity index (χ3n) is 2.49. The Morgan fingerprint density at radius 1 is 1.25 bits per heavy atom. The van der Waals surface area contributed by atoms with Crippen molar-refractivity contribution in [2.24, 2.45) is 0 Å². The smallest absolute Gasteiger partial charge is 0.277 e. The maximum Gasteiger partial charge on any atom is 0.277 e. The summed E-state index contributed by atoms with van der Waals surface area (Å²) in [5.74, 6) is 1.90. The molecule has 2 heterocycles. The molecule has 0 unspecified atom stereocenters. The summed E-state index contributed by atoms with van der Waals surface area (Å²) in [5.41, 5.74) is 1.75. The maximum atomic E-state index is 5.61. The highest BCUT2D eigenvalue weighted by molar-refractivity contribution is 9.10. The molecule has 3 aromatic rings. The van der Waals surface area contributed by atoms with Gasteiger partial charge in [0, 0.05) is 16.1 Å². The van der Waals surface area contributed by atoms with Crippen molar-refractivity contribution in [2.45, 2.75) is 17.9 Å². The summed E-state index contributed by atoms with van der Waals surface area (Å²) in [5, 5.41) is 12.4. The van der Waals surface area contributed by atoms with Gasteiger partial charge in [0.1, 0.15) is 5.76 Å². The van der Waals surface area contributed by atoms with Crippen molar-refractivity contribution in [3.05, 3.63) is 46.3 Å². The topological polar surface area (TPSA) is 65.0 Å². The summed E-state index contributed by atoms with van der Waals surface area (Å²) >= 11 is 4.84. The van der Waals surface area contributed by atoms with E-state index in [-0.39, 0.29) is 0 Å². The van der Waals surface area contributed by atoms with E-state index in [1.54, 1.807) is 0 Å². The van der Waals surface area contributed by atoms with E-state index in [4.69, 9.17) is 8.94 Å². The van der Waals surface area contributed by atoms with E-state index in [1.165, 1.54) is 11.8 Å². The third-order valence-corrected chi connectivity index (χ3v) is 3.83. The number of aryl methyl sites for hydroxylation is 1. The Labute approximate surface area is 127 Å². The van der Waals surface area contributed by atoms with Gasteiger partial charge in [-0.2, -0.15) is 0 Å². The standard InChI is InChI=1S/C13H10BrN3O2S/c1-8-5-11(19-17-8)7-20-13-16-15-12(18-13)9-3-2-4-10(14)6-9/h2-6H,7H2,1H3. The van der Waals surface area contributed by atoms with Gasteiger partial charge in [-0.15, -0.1) is 10.2 Å². The molecule has 0 radical (unpaired) electrons. The van der Waals surface area contributed by atoms with Crippen LogP contribution in [0.3, 0.4) is 0 Å². The highest BCUT2D eigenvalue weighted by atomic mass is 79.9. The molecule has 0 aliphatic rings. The number of hydrogen-bond donors (Lipinski definition) is 0. The molecule has 0 aliphatic carbocycles. The van der Waals surface area contributed by atoms with Crippen LogP contribution >= 0.6 is 27.7 Å². The van der Waals surface area contributed by atoms with Crippen molar-refractivity contribution >= 4 is 27.7 Å². The van der Waals surface area contributed by atoms with E-state index < -0.39 is 0 Å². The maximum absolute atomic E-state index is 5.61. The van der Waals surface area contributed by atoms with Crippen LogP contribution in [0.25, 0.3) is 11.5 Å². The van der Waals surface area contributed by atoms with Gasteiger partial charge in [-0.05, 0) is 25.1 Å². The molecule has 0 saturated carbocycles. The van der Waals surface area contributed by atoms with Gasteiger partial charge >= 0.3 is 0 Å². The normalized spacial score (nSPS) is 10.9. The first-order valence-corrected chi connectivity index (χ1v) is 7.63. The number of halogens is 1. The SMILES string of the molecule is Cc1cc(CSc2nnc(-c3cccc(Br)c3)o2)on1. The molecule has 3 rings (SSSR count). The highest BCUT2D eigenvalue weighted by Crippen LogP contribution is 2.27. The Balaban J connectivity index is 1.70. The minimum atomic E-state index is 0.502. The van der Waals surface area contributed by atoms with Crippen molar-refractivity contribution in [3.63, 3.8) is 0 Å². The number of rotatable bonds is 4. The van der Waals surface area contributed by atoms with Crippen LogP contribution in [0.5, 0.6) is 0 Å². The second-order valence-electron chi connectivity index (χ2n) is 4.11. The largest absolute Gasteiger partial charge is 0.411 e. The van der Waals surface area contributed by atoms with Crippen LogP contribution in [0.4, 0.5) is 0 Å². The van der Waals surface area contributed by atoms with E-state index in [0.29, 0.717) is 16.9 Å². The van der Waals surface area contributed by atoms with Crippen molar-refractivity contribution in [3.8, 4) is 11.5 Å². The lowest BCUT2D eigenvalue weighted by Crippen LogP contribution is -1.77. The van der Waals surface area contributed by atoms with Crippen molar-refractivity contribution in [2.75, 3.05) is 0 Å². The molecule has 0 spiro atoms. The minimum Gasteiger partial charge on any atom is -0.411 e. The van der Waals surface area contributed by atoms with Crippen molar-refractivity contribution < 1.29 is 8.94 Å². The molecule has 0 aliphatic heterocycles. The molecule has 0 saturated heterocycles. The quantitative estimate of drug-likeness (QED) is 0.659. The van der Waals surface area contributed by atoms with Gasteiger partial charge in [-0.25, -0.2) is 0 Å². The summed E-state index contributed by atoms with van der Waals surface area (Å²) in [6.45, 7) is 1.88. The lowest BCUT2D eigenvalue weighted by Gasteiger charge is -1.95. The Morgan fingerprint density at radius 3 is 2.90 bits per heavy atom. The zero-order chi connectivity index (χ0) is 13.9. The Bertz CT molecular complexity index is 726. The van der Waals surface area contributed by atoms with Gasteiger partial charge in [0.15, 0.2) is 0 Å². The molecule has 5 nitrogen and oxygen atoms in total. The molecule has 0 N–H and O–H groups in total. The Hall–Kier alpha value is -1.60. The van der Waals surface area contributed by atoms with Crippen LogP contribution in [-0.4, -0.2) is 15.4 Å². The molecule has 2 aromatic heterocycles. The summed E-state index contributed by atoms with van der Waals surface area (Å²) in [7, 11) is 0. The molecule has 20 heavy (non-hydrogen) atoms. The lowest BCUT2D eigenvalue weighted by atomic mass is 10.2. The average molecular weight is 352 g/mol. The molecule has 0 amide bonds. The molecule has 7 heteroatoms. The number of thioether (sulfide) groups is 1. The number of aromatic nitrogens is 3. The fourth-order valence-corrected chi connectivity index (χ4v) is 2.66. The zero-order valence-electron chi connectivity index (χ0n) is 10.5. The van der Waals surface area contributed by atoms with Crippen molar-refractivity contribution in [1.82, 2.24) is 15.4 Å². The number of benzene rings is 1. The molecular formula is C13H10BrN3O2S. The van der Waals surface area contributed by atoms with E-state index in [9.17, 15) is 0 Å². The van der Waals surface area contributed by atoms with Gasteiger partial charge in [0.25, 0.3) is 5.22 Å². The average Bonchev–Trinajstić information content (AvgIpc) is 3.05. The second kappa shape index (κ2) is 5.80. The number of nitrogens with zero attached hydrogens (tertiary/aromatic N) is 3. The first-order chi connectivity index (χ1) is 9.70. The molecular weight excluding hydrogens is 342 g/mol. The molecule has 1 aromatic carbocycles. The van der Waals surface area contributed by atoms with Crippen LogP contribution in [-0.2, 0) is 5.75 Å². The van der Waals surface area contributed by atoms with Gasteiger partial charge in [0.05, 0.1) is 11.4 Å². The van der Waals surface area contributed by atoms with Gasteiger partial charge in [-0.1, -0.05) is 38.9 Å². The van der Waals surface area contributed by atoms with Crippen LogP contribution in [0.1, 0.15) is 11.5 Å². The van der Waals surface area contributed by atoms with Gasteiger partial charge in [0.2, 0.25) is 5.89 Å². The van der Waals surface area contributed by atoms with Crippen LogP contribution in [0.15, 0.2) is 49.0 Å². The van der Waals surface area contributed by atoms with Crippen LogP contribution < -0.4 is 0 Å². The van der Waals surface area contributed by atoms with Crippen LogP contribution in [0, 0.1) is 6.92 Å². The third kappa shape index (κ3) is 3.10. The van der Waals surface area contributed by atoms with E-state index in [1.807, 2.05) is 37.3 Å². The second-order valence-corrected chi connectivity index (χ2v) is 5.95. The van der Waals surface area contributed by atoms with E-state index >= 15 is 0 Å². The highest BCUT2D eigenvalue weighted by Gasteiger charge is 2.10. The van der Waals surface area contributed by atoms with Crippen LogP contribution in [0.2, 0.25) is 0 Å². The Kier molecular flexibility index (Phi) is 3.88. The molecule has 0 fully saturated rings. The lowest BCUT2D eigenvalue weighted by molar-refractivity contribution is 0.390. The van der Waals surface area contributed by atoms with Crippen molar-refractivity contribution in [1.29, 1.82) is 0 Å². The number of hydrogen-bond acceptors (Lipinski definition) is 6. The first-order valence-electron chi connectivity index (χ1n) is 5.85. The summed E-state index contributed by atoms with van der Waals surface area (Å²) in [6.07, 6.45) is 0. The molecule has 102 valence electrons. The first kappa shape index (κ1) is 13.4. The van der Waals surface area contributed by atoms with E-state index in [2.05, 4.69) is 31.3 Å². The molecule has 0 bridgehead atoms. The minimum absolute atomic E-state index is 0.502.